The molecule has 4 heteroatoms. The quantitative estimate of drug-likeness (QED) is 0.818. The number of nitrogens with one attached hydrogen (secondary N) is 1. The lowest BCUT2D eigenvalue weighted by Gasteiger charge is -2.22. The van der Waals surface area contributed by atoms with E-state index < -0.39 is 0 Å². The molecule has 0 spiro atoms. The Morgan fingerprint density at radius 2 is 2.20 bits per heavy atom. The first-order valence-electron chi connectivity index (χ1n) is 6.89. The maximum Gasteiger partial charge on any atom is 0.251 e. The maximum absolute atomic E-state index is 12.2. The van der Waals surface area contributed by atoms with E-state index >= 15 is 0 Å². The zero-order valence-corrected chi connectivity index (χ0v) is 12.6. The van der Waals surface area contributed by atoms with Gasteiger partial charge in [0, 0.05) is 17.2 Å². The number of amides is 1. The van der Waals surface area contributed by atoms with Crippen molar-refractivity contribution >= 4 is 17.7 Å². The summed E-state index contributed by atoms with van der Waals surface area (Å²) in [5.74, 6) is 8.14. The first kappa shape index (κ1) is 15.0. The number of carbonyl (C=O) groups is 1. The summed E-state index contributed by atoms with van der Waals surface area (Å²) >= 11 is 1.96. The summed E-state index contributed by atoms with van der Waals surface area (Å²) in [5.41, 5.74) is 8.02. The Hall–Kier alpha value is -1.44. The van der Waals surface area contributed by atoms with Gasteiger partial charge in [0.25, 0.3) is 5.91 Å². The molecule has 3 nitrogen and oxygen atoms in total. The molecule has 1 aromatic carbocycles. The number of rotatable bonds is 2. The van der Waals surface area contributed by atoms with Crippen molar-refractivity contribution in [2.75, 3.05) is 18.1 Å². The van der Waals surface area contributed by atoms with Crippen LogP contribution < -0.4 is 11.1 Å². The van der Waals surface area contributed by atoms with Gasteiger partial charge in [-0.15, -0.1) is 0 Å². The van der Waals surface area contributed by atoms with E-state index in [1.54, 1.807) is 0 Å². The average molecular weight is 288 g/mol. The molecular formula is C16H20N2OS. The Morgan fingerprint density at radius 1 is 1.45 bits per heavy atom. The zero-order valence-electron chi connectivity index (χ0n) is 11.7. The molecular weight excluding hydrogens is 268 g/mol. The number of hydrogen-bond donors (Lipinski definition) is 2. The molecule has 20 heavy (non-hydrogen) atoms. The fourth-order valence-electron chi connectivity index (χ4n) is 2.20. The van der Waals surface area contributed by atoms with Crippen LogP contribution >= 0.6 is 11.8 Å². The van der Waals surface area contributed by atoms with Gasteiger partial charge >= 0.3 is 0 Å². The molecule has 1 aliphatic rings. The van der Waals surface area contributed by atoms with E-state index in [-0.39, 0.29) is 5.91 Å². The van der Waals surface area contributed by atoms with Crippen LogP contribution in [0.5, 0.6) is 0 Å². The topological polar surface area (TPSA) is 55.1 Å². The largest absolute Gasteiger partial charge is 0.349 e. The van der Waals surface area contributed by atoms with E-state index in [0.29, 0.717) is 18.2 Å². The summed E-state index contributed by atoms with van der Waals surface area (Å²) in [6.07, 6.45) is 2.13. The third-order valence-electron chi connectivity index (χ3n) is 3.37. The predicted octanol–water partition coefficient (Wildman–Crippen LogP) is 1.93. The molecule has 1 fully saturated rings. The summed E-state index contributed by atoms with van der Waals surface area (Å²) in [4.78, 5) is 12.2. The lowest BCUT2D eigenvalue weighted by atomic mass is 10.0. The molecule has 0 unspecified atom stereocenters. The van der Waals surface area contributed by atoms with Crippen LogP contribution in [0.15, 0.2) is 18.2 Å². The minimum Gasteiger partial charge on any atom is -0.349 e. The average Bonchev–Trinajstić information content (AvgIpc) is 2.47. The van der Waals surface area contributed by atoms with E-state index in [1.165, 1.54) is 0 Å². The van der Waals surface area contributed by atoms with Crippen LogP contribution in [0.1, 0.15) is 34.3 Å². The van der Waals surface area contributed by atoms with Gasteiger partial charge in [0.05, 0.1) is 6.54 Å². The van der Waals surface area contributed by atoms with Crippen LogP contribution in [0.4, 0.5) is 0 Å². The summed E-state index contributed by atoms with van der Waals surface area (Å²) in [6, 6.07) is 5.94. The van der Waals surface area contributed by atoms with Gasteiger partial charge in [0.2, 0.25) is 0 Å². The van der Waals surface area contributed by atoms with E-state index in [0.717, 1.165) is 35.5 Å². The molecule has 0 saturated carbocycles. The Kier molecular flexibility index (Phi) is 5.51. The molecule has 0 radical (unpaired) electrons. The molecule has 2 rings (SSSR count). The summed E-state index contributed by atoms with van der Waals surface area (Å²) < 4.78 is 0. The van der Waals surface area contributed by atoms with Gasteiger partial charge in [-0.05, 0) is 55.0 Å². The highest BCUT2D eigenvalue weighted by Crippen LogP contribution is 2.18. The monoisotopic (exact) mass is 288 g/mol. The second-order valence-electron chi connectivity index (χ2n) is 4.90. The van der Waals surface area contributed by atoms with Crippen LogP contribution in [0, 0.1) is 18.8 Å². The van der Waals surface area contributed by atoms with Crippen molar-refractivity contribution in [2.24, 2.45) is 5.73 Å². The summed E-state index contributed by atoms with van der Waals surface area (Å²) in [7, 11) is 0. The van der Waals surface area contributed by atoms with Crippen molar-refractivity contribution in [2.45, 2.75) is 25.8 Å². The number of thioether (sulfide) groups is 1. The number of hydrogen-bond acceptors (Lipinski definition) is 3. The van der Waals surface area contributed by atoms with Crippen molar-refractivity contribution in [3.8, 4) is 11.8 Å². The Balaban J connectivity index is 2.04. The van der Waals surface area contributed by atoms with Crippen molar-refractivity contribution in [3.05, 3.63) is 34.9 Å². The van der Waals surface area contributed by atoms with Gasteiger partial charge in [-0.25, -0.2) is 0 Å². The maximum atomic E-state index is 12.2. The van der Waals surface area contributed by atoms with E-state index in [9.17, 15) is 4.79 Å². The predicted molar refractivity (Wildman–Crippen MR) is 84.9 cm³/mol. The first-order valence-corrected chi connectivity index (χ1v) is 8.04. The fraction of sp³-hybridized carbons (Fsp3) is 0.438. The lowest BCUT2D eigenvalue weighted by Crippen LogP contribution is -2.37. The number of nitrogens with two attached hydrogens (primary N) is 1. The van der Waals surface area contributed by atoms with Crippen molar-refractivity contribution in [1.82, 2.24) is 5.32 Å². The molecule has 1 aromatic rings. The molecule has 0 aromatic heterocycles. The second kappa shape index (κ2) is 7.37. The number of benzene rings is 1. The SMILES string of the molecule is Cc1cc(C(=O)NC2CCSCC2)ccc1C#CCN. The molecule has 3 N–H and O–H groups in total. The normalized spacial score (nSPS) is 15.3. The minimum atomic E-state index is 0.0170. The highest BCUT2D eigenvalue weighted by molar-refractivity contribution is 7.99. The number of aryl methyl sites for hydroxylation is 1. The Morgan fingerprint density at radius 3 is 2.85 bits per heavy atom. The van der Waals surface area contributed by atoms with E-state index in [2.05, 4.69) is 17.2 Å². The molecule has 0 aliphatic carbocycles. The minimum absolute atomic E-state index is 0.0170. The van der Waals surface area contributed by atoms with Crippen LogP contribution in [-0.2, 0) is 0 Å². The van der Waals surface area contributed by atoms with Crippen LogP contribution in [0.25, 0.3) is 0 Å². The van der Waals surface area contributed by atoms with Crippen LogP contribution in [0.3, 0.4) is 0 Å². The molecule has 0 bridgehead atoms. The molecule has 1 saturated heterocycles. The van der Waals surface area contributed by atoms with Crippen molar-refractivity contribution in [1.29, 1.82) is 0 Å². The molecule has 1 heterocycles. The van der Waals surface area contributed by atoms with Gasteiger partial charge in [0.15, 0.2) is 0 Å². The van der Waals surface area contributed by atoms with Gasteiger partial charge in [0.1, 0.15) is 0 Å². The molecule has 1 amide bonds. The van der Waals surface area contributed by atoms with Gasteiger partial charge in [-0.1, -0.05) is 11.8 Å². The highest BCUT2D eigenvalue weighted by Gasteiger charge is 2.17. The van der Waals surface area contributed by atoms with E-state index in [1.807, 2.05) is 36.9 Å². The van der Waals surface area contributed by atoms with Gasteiger partial charge < -0.3 is 11.1 Å². The smallest absolute Gasteiger partial charge is 0.251 e. The molecule has 1 aliphatic heterocycles. The summed E-state index contributed by atoms with van der Waals surface area (Å²) in [6.45, 7) is 2.32. The van der Waals surface area contributed by atoms with Crippen LogP contribution in [0.2, 0.25) is 0 Å². The molecule has 106 valence electrons. The van der Waals surface area contributed by atoms with Gasteiger partial charge in [-0.3, -0.25) is 4.79 Å². The second-order valence-corrected chi connectivity index (χ2v) is 6.12. The van der Waals surface area contributed by atoms with Gasteiger partial charge in [-0.2, -0.15) is 11.8 Å². The summed E-state index contributed by atoms with van der Waals surface area (Å²) in [5, 5.41) is 3.12. The van der Waals surface area contributed by atoms with Crippen LogP contribution in [-0.4, -0.2) is 30.0 Å². The standard InChI is InChI=1S/C16H20N2OS/c1-12-11-14(5-4-13(12)3-2-8-17)16(19)18-15-6-9-20-10-7-15/h4-5,11,15H,6-10,17H2,1H3,(H,18,19). The van der Waals surface area contributed by atoms with E-state index in [4.69, 9.17) is 5.73 Å². The highest BCUT2D eigenvalue weighted by atomic mass is 32.2. The zero-order chi connectivity index (χ0) is 14.4. The third-order valence-corrected chi connectivity index (χ3v) is 4.42. The first-order chi connectivity index (χ1) is 9.70. The number of carbonyl (C=O) groups excluding carboxylic acids is 1. The molecule has 0 atom stereocenters. The third kappa shape index (κ3) is 4.03. The fourth-order valence-corrected chi connectivity index (χ4v) is 3.31. The van der Waals surface area contributed by atoms with Crippen molar-refractivity contribution < 1.29 is 4.79 Å². The Bertz CT molecular complexity index is 539. The Labute approximate surface area is 124 Å². The van der Waals surface area contributed by atoms with Crippen molar-refractivity contribution in [3.63, 3.8) is 0 Å². The lowest BCUT2D eigenvalue weighted by molar-refractivity contribution is 0.0935.